The number of hydrogen-bond donors (Lipinski definition) is 1. The van der Waals surface area contributed by atoms with E-state index in [1.165, 1.54) is 12.8 Å². The second kappa shape index (κ2) is 5.74. The minimum Gasteiger partial charge on any atom is -0.493 e. The highest BCUT2D eigenvalue weighted by Crippen LogP contribution is 2.38. The zero-order chi connectivity index (χ0) is 12.3. The molecular weight excluding hydrogens is 284 g/mol. The predicted molar refractivity (Wildman–Crippen MR) is 69.5 cm³/mol. The van der Waals surface area contributed by atoms with Crippen LogP contribution in [0.5, 0.6) is 11.5 Å². The highest BCUT2D eigenvalue weighted by Gasteiger charge is 2.21. The summed E-state index contributed by atoms with van der Waals surface area (Å²) in [7, 11) is 1.61. The van der Waals surface area contributed by atoms with Gasteiger partial charge < -0.3 is 14.6 Å². The second-order valence-electron chi connectivity index (χ2n) is 4.35. The summed E-state index contributed by atoms with van der Waals surface area (Å²) in [6.07, 6.45) is 3.79. The summed E-state index contributed by atoms with van der Waals surface area (Å²) >= 11 is 3.45. The molecule has 1 aliphatic rings. The van der Waals surface area contributed by atoms with Gasteiger partial charge in [0.05, 0.1) is 24.8 Å². The minimum absolute atomic E-state index is 0.00266. The molecule has 0 aliphatic heterocycles. The Morgan fingerprint density at radius 3 is 2.76 bits per heavy atom. The van der Waals surface area contributed by atoms with Crippen molar-refractivity contribution in [1.82, 2.24) is 0 Å². The van der Waals surface area contributed by atoms with Crippen molar-refractivity contribution in [2.45, 2.75) is 25.9 Å². The lowest BCUT2D eigenvalue weighted by Gasteiger charge is -2.13. The number of methoxy groups -OCH3 is 1. The molecule has 1 aliphatic carbocycles. The second-order valence-corrected chi connectivity index (χ2v) is 5.20. The molecular formula is C13H17BrO3. The first kappa shape index (κ1) is 12.7. The number of rotatable bonds is 6. The standard InChI is InChI=1S/C13H17BrO3/c1-16-12-7-10(8-15)6-11(14)13(12)17-5-4-9-2-3-9/h6-7,9,15H,2-5,8H2,1H3. The molecule has 1 saturated carbocycles. The molecule has 94 valence electrons. The molecule has 2 rings (SSSR count). The molecule has 1 N–H and O–H groups in total. The maximum absolute atomic E-state index is 9.11. The normalized spacial score (nSPS) is 14.8. The summed E-state index contributed by atoms with van der Waals surface area (Å²) in [5, 5.41) is 9.11. The van der Waals surface area contributed by atoms with Gasteiger partial charge >= 0.3 is 0 Å². The Labute approximate surface area is 110 Å². The van der Waals surface area contributed by atoms with Crippen LogP contribution in [0.3, 0.4) is 0 Å². The van der Waals surface area contributed by atoms with Gasteiger partial charge in [-0.15, -0.1) is 0 Å². The first-order chi connectivity index (χ1) is 8.24. The highest BCUT2D eigenvalue weighted by atomic mass is 79.9. The molecule has 0 saturated heterocycles. The monoisotopic (exact) mass is 300 g/mol. The fourth-order valence-corrected chi connectivity index (χ4v) is 2.34. The van der Waals surface area contributed by atoms with Crippen molar-refractivity contribution in [3.8, 4) is 11.5 Å². The Hall–Kier alpha value is -0.740. The zero-order valence-electron chi connectivity index (χ0n) is 9.91. The molecule has 0 heterocycles. The number of ether oxygens (including phenoxy) is 2. The minimum atomic E-state index is -0.00266. The van der Waals surface area contributed by atoms with Crippen LogP contribution >= 0.6 is 15.9 Å². The molecule has 3 nitrogen and oxygen atoms in total. The Morgan fingerprint density at radius 2 is 2.18 bits per heavy atom. The maximum atomic E-state index is 9.11. The van der Waals surface area contributed by atoms with Crippen molar-refractivity contribution in [1.29, 1.82) is 0 Å². The predicted octanol–water partition coefficient (Wildman–Crippen LogP) is 3.13. The first-order valence-electron chi connectivity index (χ1n) is 5.84. The van der Waals surface area contributed by atoms with Crippen molar-refractivity contribution in [3.63, 3.8) is 0 Å². The molecule has 0 aromatic heterocycles. The summed E-state index contributed by atoms with van der Waals surface area (Å²) in [6, 6.07) is 3.66. The zero-order valence-corrected chi connectivity index (χ0v) is 11.5. The van der Waals surface area contributed by atoms with E-state index in [0.29, 0.717) is 5.75 Å². The van der Waals surface area contributed by atoms with Gasteiger partial charge in [-0.1, -0.05) is 12.8 Å². The van der Waals surface area contributed by atoms with E-state index < -0.39 is 0 Å². The SMILES string of the molecule is COc1cc(CO)cc(Br)c1OCCC1CC1. The third-order valence-electron chi connectivity index (χ3n) is 2.94. The van der Waals surface area contributed by atoms with Crippen molar-refractivity contribution < 1.29 is 14.6 Å². The van der Waals surface area contributed by atoms with Crippen LogP contribution in [0.1, 0.15) is 24.8 Å². The molecule has 17 heavy (non-hydrogen) atoms. The summed E-state index contributed by atoms with van der Waals surface area (Å²) in [4.78, 5) is 0. The number of aliphatic hydroxyl groups excluding tert-OH is 1. The van der Waals surface area contributed by atoms with Crippen LogP contribution in [0.25, 0.3) is 0 Å². The van der Waals surface area contributed by atoms with E-state index in [2.05, 4.69) is 15.9 Å². The maximum Gasteiger partial charge on any atom is 0.175 e. The molecule has 1 fully saturated rings. The van der Waals surface area contributed by atoms with Crippen LogP contribution in [0.15, 0.2) is 16.6 Å². The van der Waals surface area contributed by atoms with Gasteiger partial charge in [0.2, 0.25) is 0 Å². The van der Waals surface area contributed by atoms with Crippen molar-refractivity contribution in [3.05, 3.63) is 22.2 Å². The Kier molecular flexibility index (Phi) is 4.29. The summed E-state index contributed by atoms with van der Waals surface area (Å²) in [5.74, 6) is 2.25. The van der Waals surface area contributed by atoms with Crippen LogP contribution < -0.4 is 9.47 Å². The van der Waals surface area contributed by atoms with E-state index in [1.54, 1.807) is 13.2 Å². The van der Waals surface area contributed by atoms with E-state index in [-0.39, 0.29) is 6.61 Å². The number of hydrogen-bond acceptors (Lipinski definition) is 3. The van der Waals surface area contributed by atoms with Gasteiger partial charge in [0.1, 0.15) is 0 Å². The molecule has 0 unspecified atom stereocenters. The van der Waals surface area contributed by atoms with Crippen molar-refractivity contribution >= 4 is 15.9 Å². The number of aliphatic hydroxyl groups is 1. The van der Waals surface area contributed by atoms with E-state index in [4.69, 9.17) is 14.6 Å². The molecule has 0 atom stereocenters. The summed E-state index contributed by atoms with van der Waals surface area (Å²) in [5.41, 5.74) is 0.809. The molecule has 1 aromatic carbocycles. The van der Waals surface area contributed by atoms with E-state index in [9.17, 15) is 0 Å². The Bertz CT molecular complexity index is 388. The van der Waals surface area contributed by atoms with E-state index in [0.717, 1.165) is 34.7 Å². The largest absolute Gasteiger partial charge is 0.493 e. The molecule has 0 spiro atoms. The fraction of sp³-hybridized carbons (Fsp3) is 0.538. The van der Waals surface area contributed by atoms with Crippen LogP contribution in [0.4, 0.5) is 0 Å². The lowest BCUT2D eigenvalue weighted by atomic mass is 10.2. The Balaban J connectivity index is 2.06. The van der Waals surface area contributed by atoms with Crippen LogP contribution in [0.2, 0.25) is 0 Å². The van der Waals surface area contributed by atoms with Gasteiger partial charge in [0, 0.05) is 0 Å². The number of halogens is 1. The van der Waals surface area contributed by atoms with Gasteiger partial charge in [-0.25, -0.2) is 0 Å². The van der Waals surface area contributed by atoms with Gasteiger partial charge in [0.25, 0.3) is 0 Å². The molecule has 0 amide bonds. The molecule has 0 radical (unpaired) electrons. The van der Waals surface area contributed by atoms with Gasteiger partial charge in [-0.05, 0) is 46.0 Å². The topological polar surface area (TPSA) is 38.7 Å². The Morgan fingerprint density at radius 1 is 1.41 bits per heavy atom. The summed E-state index contributed by atoms with van der Waals surface area (Å²) < 4.78 is 11.9. The van der Waals surface area contributed by atoms with Crippen molar-refractivity contribution in [2.24, 2.45) is 5.92 Å². The van der Waals surface area contributed by atoms with E-state index >= 15 is 0 Å². The highest BCUT2D eigenvalue weighted by molar-refractivity contribution is 9.10. The van der Waals surface area contributed by atoms with Crippen LogP contribution in [-0.4, -0.2) is 18.8 Å². The van der Waals surface area contributed by atoms with Gasteiger partial charge in [0.15, 0.2) is 11.5 Å². The third-order valence-corrected chi connectivity index (χ3v) is 3.53. The van der Waals surface area contributed by atoms with Gasteiger partial charge in [-0.3, -0.25) is 0 Å². The van der Waals surface area contributed by atoms with Crippen LogP contribution in [0, 0.1) is 5.92 Å². The molecule has 1 aromatic rings. The van der Waals surface area contributed by atoms with E-state index in [1.807, 2.05) is 6.07 Å². The van der Waals surface area contributed by atoms with Crippen LogP contribution in [-0.2, 0) is 6.61 Å². The van der Waals surface area contributed by atoms with Gasteiger partial charge in [-0.2, -0.15) is 0 Å². The van der Waals surface area contributed by atoms with Crippen molar-refractivity contribution in [2.75, 3.05) is 13.7 Å². The lowest BCUT2D eigenvalue weighted by molar-refractivity contribution is 0.272. The molecule has 0 bridgehead atoms. The third kappa shape index (κ3) is 3.36. The lowest BCUT2D eigenvalue weighted by Crippen LogP contribution is -2.01. The summed E-state index contributed by atoms with van der Waals surface area (Å²) in [6.45, 7) is 0.718. The molecule has 4 heteroatoms. The quantitative estimate of drug-likeness (QED) is 0.877. The fourth-order valence-electron chi connectivity index (χ4n) is 1.74. The first-order valence-corrected chi connectivity index (χ1v) is 6.64. The average Bonchev–Trinajstić information content (AvgIpc) is 3.14. The average molecular weight is 301 g/mol. The smallest absolute Gasteiger partial charge is 0.175 e. The number of benzene rings is 1.